The number of esters is 3. The predicted octanol–water partition coefficient (Wildman–Crippen LogP) is 3.07. The van der Waals surface area contributed by atoms with E-state index in [1.54, 1.807) is 0 Å². The quantitative estimate of drug-likeness (QED) is 0.0819. The minimum absolute atomic E-state index is 0.178. The van der Waals surface area contributed by atoms with E-state index in [1.165, 1.54) is 0 Å². The summed E-state index contributed by atoms with van der Waals surface area (Å²) < 4.78 is 21.2. The summed E-state index contributed by atoms with van der Waals surface area (Å²) in [5.74, 6) is -2.19. The van der Waals surface area contributed by atoms with E-state index in [0.29, 0.717) is 19.4 Å². The van der Waals surface area contributed by atoms with Gasteiger partial charge in [0.05, 0.1) is 0 Å². The molecular weight excluding hydrogens is 596 g/mol. The second-order valence-corrected chi connectivity index (χ2v) is 12.1. The molecule has 2 rings (SSSR count). The number of hydrogen-bond donors (Lipinski definition) is 5. The first-order valence-corrected chi connectivity index (χ1v) is 14.0. The van der Waals surface area contributed by atoms with Gasteiger partial charge in [-0.15, -0.1) is 0 Å². The average Bonchev–Trinajstić information content (AvgIpc) is 3.37. The maximum Gasteiger partial charge on any atom is 0.407 e. The third-order valence-corrected chi connectivity index (χ3v) is 6.94. The molecule has 0 aliphatic heterocycles. The third kappa shape index (κ3) is 12.0. The number of hydrogen-bond acceptors (Lipinski definition) is 11. The zero-order chi connectivity index (χ0) is 33.0. The van der Waals surface area contributed by atoms with Crippen LogP contribution in [0, 0.1) is 21.0 Å². The lowest BCUT2D eigenvalue weighted by Crippen LogP contribution is -2.51. The fraction of sp³-hybridized carbons (Fsp3) is 0.536. The van der Waals surface area contributed by atoms with Crippen molar-refractivity contribution in [1.29, 1.82) is 0 Å². The number of nitrogens with zero attached hydrogens (tertiary/aromatic N) is 1. The summed E-state index contributed by atoms with van der Waals surface area (Å²) in [5, 5.41) is 13.5. The number of carbonyl (C=O) groups excluding carboxylic acids is 5. The van der Waals surface area contributed by atoms with Gasteiger partial charge in [-0.3, -0.25) is 15.5 Å². The van der Waals surface area contributed by atoms with Crippen molar-refractivity contribution in [2.75, 3.05) is 38.3 Å². The Morgan fingerprint density at radius 1 is 0.909 bits per heavy atom. The molecule has 2 atom stereocenters. The fourth-order valence-corrected chi connectivity index (χ4v) is 5.31. The smallest absolute Gasteiger partial charge is 0.407 e. The van der Waals surface area contributed by atoms with Crippen molar-refractivity contribution >= 4 is 48.2 Å². The van der Waals surface area contributed by atoms with Crippen molar-refractivity contribution in [2.24, 2.45) is 16.2 Å². The van der Waals surface area contributed by atoms with Gasteiger partial charge in [-0.1, -0.05) is 40.5 Å². The van der Waals surface area contributed by atoms with Gasteiger partial charge in [0, 0.05) is 30.8 Å². The first kappa shape index (κ1) is 35.7. The Kier molecular flexibility index (Phi) is 12.9. The van der Waals surface area contributed by atoms with Crippen molar-refractivity contribution in [1.82, 2.24) is 25.8 Å². The van der Waals surface area contributed by atoms with E-state index in [4.69, 9.17) is 31.2 Å². The number of amides is 3. The minimum Gasteiger partial charge on any atom is -0.462 e. The molecule has 0 spiro atoms. The van der Waals surface area contributed by atoms with Gasteiger partial charge in [-0.25, -0.2) is 24.0 Å². The van der Waals surface area contributed by atoms with Crippen LogP contribution in [0.3, 0.4) is 0 Å². The van der Waals surface area contributed by atoms with E-state index in [-0.39, 0.29) is 22.2 Å². The second kappa shape index (κ2) is 15.8. The molecule has 0 aromatic carbocycles. The molecule has 0 bridgehead atoms. The average molecular weight is 637 g/mol. The molecule has 0 saturated heterocycles. The van der Waals surface area contributed by atoms with Crippen molar-refractivity contribution in [3.63, 3.8) is 0 Å². The molecular formula is C28H40N6O9S. The summed E-state index contributed by atoms with van der Waals surface area (Å²) in [7, 11) is 0. The Hall–Kier alpha value is -4.47. The molecule has 1 aliphatic rings. The summed E-state index contributed by atoms with van der Waals surface area (Å²) >= 11 is 4.88. The number of aromatic amines is 2. The summed E-state index contributed by atoms with van der Waals surface area (Å²) in [4.78, 5) is 64.8. The summed E-state index contributed by atoms with van der Waals surface area (Å²) in [6.45, 7) is 14.7. The molecule has 3 amide bonds. The molecule has 16 heteroatoms. The molecule has 1 heterocycles. The largest absolute Gasteiger partial charge is 0.462 e. The number of anilines is 1. The summed E-state index contributed by atoms with van der Waals surface area (Å²) in [5.41, 5.74) is -2.05. The standard InChI is InChI=1S/C28H40N6O9S/c1-7-19(35)40-14-28(15-41-20(36)8-2,16-42-21(37)9-3)17-43-25(39)30-18-10-26(4,5)12-27(6,11-18)13-29-23(38)31-22-32-24(44)34-33-22/h7-9,18H,1-3,10-17H2,4-6H3,(H,30,39)(H4,29,31,32,33,34,38,44). The molecule has 1 aromatic rings. The van der Waals surface area contributed by atoms with Crippen LogP contribution in [-0.2, 0) is 33.3 Å². The van der Waals surface area contributed by atoms with Gasteiger partial charge in [0.1, 0.15) is 31.8 Å². The Bertz CT molecular complexity index is 1250. The van der Waals surface area contributed by atoms with Crippen molar-refractivity contribution < 1.29 is 42.9 Å². The predicted molar refractivity (Wildman–Crippen MR) is 161 cm³/mol. The van der Waals surface area contributed by atoms with Crippen molar-refractivity contribution in [3.8, 4) is 0 Å². The van der Waals surface area contributed by atoms with Crippen LogP contribution >= 0.6 is 12.2 Å². The van der Waals surface area contributed by atoms with Gasteiger partial charge in [0.15, 0.2) is 0 Å². The van der Waals surface area contributed by atoms with Crippen molar-refractivity contribution in [3.05, 3.63) is 42.7 Å². The normalized spacial score (nSPS) is 18.9. The van der Waals surface area contributed by atoms with Crippen LogP contribution in [-0.4, -0.2) is 84.2 Å². The number of alkyl carbamates (subject to hydrolysis) is 1. The first-order valence-electron chi connectivity index (χ1n) is 13.6. The Labute approximate surface area is 260 Å². The topological polar surface area (TPSA) is 203 Å². The van der Waals surface area contributed by atoms with E-state index in [9.17, 15) is 24.0 Å². The van der Waals surface area contributed by atoms with Gasteiger partial charge >= 0.3 is 30.0 Å². The number of ether oxygens (including phenoxy) is 4. The number of urea groups is 1. The molecule has 0 radical (unpaired) electrons. The van der Waals surface area contributed by atoms with Crippen LogP contribution in [0.15, 0.2) is 38.0 Å². The number of rotatable bonds is 15. The monoisotopic (exact) mass is 636 g/mol. The van der Waals surface area contributed by atoms with Crippen molar-refractivity contribution in [2.45, 2.75) is 46.1 Å². The minimum atomic E-state index is -1.46. The molecule has 1 aliphatic carbocycles. The van der Waals surface area contributed by atoms with Crippen LogP contribution in [0.4, 0.5) is 15.5 Å². The van der Waals surface area contributed by atoms with E-state index in [2.05, 4.69) is 64.7 Å². The zero-order valence-corrected chi connectivity index (χ0v) is 25.9. The fourth-order valence-electron chi connectivity index (χ4n) is 5.17. The van der Waals surface area contributed by atoms with Crippen LogP contribution in [0.25, 0.3) is 0 Å². The summed E-state index contributed by atoms with van der Waals surface area (Å²) in [6.07, 6.45) is 3.90. The highest BCUT2D eigenvalue weighted by atomic mass is 32.1. The van der Waals surface area contributed by atoms with Crippen LogP contribution < -0.4 is 16.0 Å². The number of carbonyl (C=O) groups is 5. The van der Waals surface area contributed by atoms with Gasteiger partial charge < -0.3 is 29.6 Å². The number of H-pyrrole nitrogens is 2. The van der Waals surface area contributed by atoms with Gasteiger partial charge in [0.25, 0.3) is 0 Å². The second-order valence-electron chi connectivity index (χ2n) is 11.7. The molecule has 5 N–H and O–H groups in total. The number of aromatic nitrogens is 3. The van der Waals surface area contributed by atoms with E-state index >= 15 is 0 Å². The Balaban J connectivity index is 2.10. The lowest BCUT2D eigenvalue weighted by Gasteiger charge is -2.46. The van der Waals surface area contributed by atoms with E-state index < -0.39 is 67.3 Å². The van der Waals surface area contributed by atoms with Crippen LogP contribution in [0.1, 0.15) is 40.0 Å². The van der Waals surface area contributed by atoms with Gasteiger partial charge in [0.2, 0.25) is 10.7 Å². The molecule has 15 nitrogen and oxygen atoms in total. The van der Waals surface area contributed by atoms with E-state index in [1.807, 2.05) is 6.92 Å². The highest BCUT2D eigenvalue weighted by Gasteiger charge is 2.43. The molecule has 1 fully saturated rings. The Morgan fingerprint density at radius 3 is 1.91 bits per heavy atom. The molecule has 1 saturated carbocycles. The lowest BCUT2D eigenvalue weighted by molar-refractivity contribution is -0.159. The molecule has 2 unspecified atom stereocenters. The molecule has 44 heavy (non-hydrogen) atoms. The third-order valence-electron chi connectivity index (χ3n) is 6.75. The molecule has 242 valence electrons. The SMILES string of the molecule is C=CC(=O)OCC(COC(=O)C=C)(COC(=O)C=C)COC(=O)NC1CC(C)(C)CC(C)(CNC(=O)Nc2nc(=S)[nH][nH]2)C1. The maximum atomic E-state index is 13.0. The van der Waals surface area contributed by atoms with Gasteiger partial charge in [-0.05, 0) is 42.3 Å². The molecule has 1 aromatic heterocycles. The zero-order valence-electron chi connectivity index (χ0n) is 25.1. The Morgan fingerprint density at radius 2 is 1.43 bits per heavy atom. The summed E-state index contributed by atoms with van der Waals surface area (Å²) in [6, 6.07) is -0.798. The maximum absolute atomic E-state index is 13.0. The lowest BCUT2D eigenvalue weighted by atomic mass is 9.62. The van der Waals surface area contributed by atoms with E-state index in [0.717, 1.165) is 24.6 Å². The van der Waals surface area contributed by atoms with Crippen LogP contribution in [0.5, 0.6) is 0 Å². The van der Waals surface area contributed by atoms with Gasteiger partial charge in [-0.2, -0.15) is 4.98 Å². The number of nitrogens with one attached hydrogen (secondary N) is 5. The van der Waals surface area contributed by atoms with Crippen LogP contribution in [0.2, 0.25) is 0 Å². The highest BCUT2D eigenvalue weighted by Crippen LogP contribution is 2.45. The first-order chi connectivity index (χ1) is 20.6. The highest BCUT2D eigenvalue weighted by molar-refractivity contribution is 7.71.